The summed E-state index contributed by atoms with van der Waals surface area (Å²) < 4.78 is 25.4. The molecular formula is C13H18N2O3S. The second-order valence-corrected chi connectivity index (χ2v) is 5.65. The lowest BCUT2D eigenvalue weighted by molar-refractivity contribution is -0.111. The molecule has 0 fully saturated rings. The summed E-state index contributed by atoms with van der Waals surface area (Å²) in [5, 5.41) is 2.52. The summed E-state index contributed by atoms with van der Waals surface area (Å²) in [5.74, 6) is -0.425. The maximum atomic E-state index is 12.3. The zero-order chi connectivity index (χ0) is 14.5. The van der Waals surface area contributed by atoms with Gasteiger partial charge in [-0.2, -0.15) is 0 Å². The maximum absolute atomic E-state index is 12.3. The summed E-state index contributed by atoms with van der Waals surface area (Å²) in [5.41, 5.74) is 0.302. The third-order valence-electron chi connectivity index (χ3n) is 2.49. The van der Waals surface area contributed by atoms with E-state index in [4.69, 9.17) is 8.96 Å². The number of benzene rings is 1. The van der Waals surface area contributed by atoms with E-state index < -0.39 is 15.9 Å². The molecule has 2 unspecified atom stereocenters. The van der Waals surface area contributed by atoms with Crippen LogP contribution in [0.4, 0.5) is 5.69 Å². The second-order valence-electron chi connectivity index (χ2n) is 4.01. The Morgan fingerprint density at radius 1 is 1.58 bits per heavy atom. The van der Waals surface area contributed by atoms with Crippen LogP contribution in [0.3, 0.4) is 0 Å². The van der Waals surface area contributed by atoms with Crippen LogP contribution in [-0.2, 0) is 19.0 Å². The van der Waals surface area contributed by atoms with Crippen LogP contribution in [0.2, 0.25) is 0 Å². The molecule has 104 valence electrons. The summed E-state index contributed by atoms with van der Waals surface area (Å²) >= 11 is 0. The minimum Gasteiger partial charge on any atom is -0.321 e. The smallest absolute Gasteiger partial charge is 0.247 e. The van der Waals surface area contributed by atoms with E-state index in [2.05, 4.69) is 11.9 Å². The lowest BCUT2D eigenvalue weighted by Crippen LogP contribution is -2.16. The quantitative estimate of drug-likeness (QED) is 0.787. The highest BCUT2D eigenvalue weighted by Gasteiger charge is 2.18. The average Bonchev–Trinajstić information content (AvgIpc) is 2.38. The van der Waals surface area contributed by atoms with Crippen molar-refractivity contribution in [1.29, 1.82) is 4.78 Å². The van der Waals surface area contributed by atoms with Crippen molar-refractivity contribution in [3.8, 4) is 0 Å². The molecule has 1 rings (SSSR count). The van der Waals surface area contributed by atoms with Crippen LogP contribution in [-0.4, -0.2) is 16.2 Å². The minimum atomic E-state index is -3.41. The Morgan fingerprint density at radius 2 is 2.21 bits per heavy atom. The predicted octanol–water partition coefficient (Wildman–Crippen LogP) is 2.95. The van der Waals surface area contributed by atoms with Crippen LogP contribution in [0.5, 0.6) is 0 Å². The van der Waals surface area contributed by atoms with E-state index in [1.54, 1.807) is 25.1 Å². The summed E-state index contributed by atoms with van der Waals surface area (Å²) in [4.78, 5) is 11.5. The van der Waals surface area contributed by atoms with Gasteiger partial charge in [-0.3, -0.25) is 8.98 Å². The standard InChI is InChI=1S/C13H18N2O3S/c1-4-10(3)18-19(14,17)12-9-7-6-8-11(12)15-13(16)5-2/h5-10,14H,2,4H2,1,3H3,(H,15,16). The van der Waals surface area contributed by atoms with Crippen LogP contribution in [0, 0.1) is 4.78 Å². The highest BCUT2D eigenvalue weighted by atomic mass is 32.2. The highest BCUT2D eigenvalue weighted by Crippen LogP contribution is 2.24. The fourth-order valence-electron chi connectivity index (χ4n) is 1.34. The number of rotatable bonds is 6. The molecule has 1 amide bonds. The molecule has 0 heterocycles. The van der Waals surface area contributed by atoms with E-state index in [-0.39, 0.29) is 11.0 Å². The summed E-state index contributed by atoms with van der Waals surface area (Å²) in [6.45, 7) is 6.98. The van der Waals surface area contributed by atoms with Crippen molar-refractivity contribution < 1.29 is 13.2 Å². The zero-order valence-electron chi connectivity index (χ0n) is 11.0. The second kappa shape index (κ2) is 6.49. The predicted molar refractivity (Wildman–Crippen MR) is 75.2 cm³/mol. The molecule has 0 spiro atoms. The van der Waals surface area contributed by atoms with Crippen molar-refractivity contribution in [1.82, 2.24) is 0 Å². The Bertz CT molecular complexity index is 567. The van der Waals surface area contributed by atoms with Crippen molar-refractivity contribution >= 4 is 21.6 Å². The molecule has 1 aromatic rings. The molecule has 0 saturated carbocycles. The molecule has 2 atom stereocenters. The monoisotopic (exact) mass is 282 g/mol. The number of carbonyl (C=O) groups excluding carboxylic acids is 1. The summed E-state index contributed by atoms with van der Waals surface area (Å²) in [6.07, 6.45) is 1.46. The largest absolute Gasteiger partial charge is 0.321 e. The molecule has 19 heavy (non-hydrogen) atoms. The van der Waals surface area contributed by atoms with Gasteiger partial charge in [0.15, 0.2) is 10.0 Å². The minimum absolute atomic E-state index is 0.158. The summed E-state index contributed by atoms with van der Waals surface area (Å²) in [6, 6.07) is 6.41. The number of nitrogens with one attached hydrogen (secondary N) is 2. The van der Waals surface area contributed by atoms with Gasteiger partial charge in [0, 0.05) is 0 Å². The Morgan fingerprint density at radius 3 is 2.79 bits per heavy atom. The Labute approximate surface area is 113 Å². The number of para-hydroxylation sites is 1. The fraction of sp³-hybridized carbons (Fsp3) is 0.308. The van der Waals surface area contributed by atoms with Crippen LogP contribution < -0.4 is 5.32 Å². The van der Waals surface area contributed by atoms with Gasteiger partial charge >= 0.3 is 0 Å². The number of hydrogen-bond acceptors (Lipinski definition) is 4. The van der Waals surface area contributed by atoms with Crippen molar-refractivity contribution in [2.75, 3.05) is 5.32 Å². The molecule has 0 aliphatic rings. The molecule has 0 aliphatic carbocycles. The Kier molecular flexibility index (Phi) is 5.26. The normalized spacial score (nSPS) is 15.3. The van der Waals surface area contributed by atoms with Crippen molar-refractivity contribution in [3.63, 3.8) is 0 Å². The van der Waals surface area contributed by atoms with E-state index in [9.17, 15) is 9.00 Å². The van der Waals surface area contributed by atoms with Crippen molar-refractivity contribution in [2.45, 2.75) is 31.3 Å². The molecule has 0 bridgehead atoms. The van der Waals surface area contributed by atoms with Gasteiger partial charge in [0.25, 0.3) is 0 Å². The lowest BCUT2D eigenvalue weighted by Gasteiger charge is -2.16. The van der Waals surface area contributed by atoms with Crippen LogP contribution in [0.25, 0.3) is 0 Å². The molecule has 6 heteroatoms. The first-order valence-corrected chi connectivity index (χ1v) is 7.38. The third-order valence-corrected chi connectivity index (χ3v) is 4.03. The van der Waals surface area contributed by atoms with Gasteiger partial charge in [0.05, 0.1) is 16.7 Å². The molecule has 0 radical (unpaired) electrons. The SMILES string of the molecule is C=CC(=O)Nc1ccccc1S(=N)(=O)OC(C)CC. The van der Waals surface area contributed by atoms with Gasteiger partial charge in [-0.1, -0.05) is 25.6 Å². The number of carbonyl (C=O) groups is 1. The fourth-order valence-corrected chi connectivity index (χ4v) is 2.71. The van der Waals surface area contributed by atoms with Gasteiger partial charge in [-0.05, 0) is 31.6 Å². The third kappa shape index (κ3) is 4.18. The Balaban J connectivity index is 3.12. The van der Waals surface area contributed by atoms with E-state index in [0.29, 0.717) is 12.1 Å². The van der Waals surface area contributed by atoms with Crippen molar-refractivity contribution in [2.24, 2.45) is 0 Å². The highest BCUT2D eigenvalue weighted by molar-refractivity contribution is 7.88. The molecule has 0 aliphatic heterocycles. The van der Waals surface area contributed by atoms with Gasteiger partial charge in [-0.15, -0.1) is 0 Å². The first-order valence-electron chi connectivity index (χ1n) is 5.90. The molecular weight excluding hydrogens is 264 g/mol. The lowest BCUT2D eigenvalue weighted by atomic mass is 10.3. The topological polar surface area (TPSA) is 79.3 Å². The van der Waals surface area contributed by atoms with Crippen molar-refractivity contribution in [3.05, 3.63) is 36.9 Å². The van der Waals surface area contributed by atoms with Gasteiger partial charge in [0.2, 0.25) is 5.91 Å². The first-order chi connectivity index (χ1) is 8.90. The summed E-state index contributed by atoms with van der Waals surface area (Å²) in [7, 11) is -3.41. The molecule has 5 nitrogen and oxygen atoms in total. The number of anilines is 1. The molecule has 1 aromatic carbocycles. The zero-order valence-corrected chi connectivity index (χ0v) is 11.8. The number of hydrogen-bond donors (Lipinski definition) is 2. The first kappa shape index (κ1) is 15.4. The van der Waals surface area contributed by atoms with E-state index >= 15 is 0 Å². The molecule has 0 aromatic heterocycles. The number of amides is 1. The molecule has 2 N–H and O–H groups in total. The van der Waals surface area contributed by atoms with E-state index in [1.807, 2.05) is 6.92 Å². The molecule has 0 saturated heterocycles. The van der Waals surface area contributed by atoms with E-state index in [0.717, 1.165) is 6.08 Å². The van der Waals surface area contributed by atoms with Gasteiger partial charge in [0.1, 0.15) is 0 Å². The van der Waals surface area contributed by atoms with Crippen LogP contribution in [0.1, 0.15) is 20.3 Å². The van der Waals surface area contributed by atoms with Gasteiger partial charge in [-0.25, -0.2) is 8.99 Å². The van der Waals surface area contributed by atoms with Crippen LogP contribution in [0.15, 0.2) is 41.8 Å². The van der Waals surface area contributed by atoms with E-state index in [1.165, 1.54) is 6.07 Å². The average molecular weight is 282 g/mol. The van der Waals surface area contributed by atoms with Crippen LogP contribution >= 0.6 is 0 Å². The van der Waals surface area contributed by atoms with Gasteiger partial charge < -0.3 is 5.32 Å². The Hall–Kier alpha value is -1.66. The maximum Gasteiger partial charge on any atom is 0.247 e.